The summed E-state index contributed by atoms with van der Waals surface area (Å²) in [6.07, 6.45) is 7.38. The van der Waals surface area contributed by atoms with Crippen LogP contribution < -0.4 is 0 Å². The van der Waals surface area contributed by atoms with Gasteiger partial charge in [-0.15, -0.1) is 0 Å². The predicted molar refractivity (Wildman–Crippen MR) is 92.4 cm³/mol. The molecule has 0 unspecified atom stereocenters. The smallest absolute Gasteiger partial charge is 0.183 e. The Morgan fingerprint density at radius 3 is 2.78 bits per heavy atom. The summed E-state index contributed by atoms with van der Waals surface area (Å²) in [6, 6.07) is 6.06. The summed E-state index contributed by atoms with van der Waals surface area (Å²) in [5.41, 5.74) is 1.63. The molecule has 23 heavy (non-hydrogen) atoms. The van der Waals surface area contributed by atoms with E-state index in [1.54, 1.807) is 18.5 Å². The van der Waals surface area contributed by atoms with Crippen LogP contribution in [0.15, 0.2) is 24.3 Å². The summed E-state index contributed by atoms with van der Waals surface area (Å²) >= 11 is 0. The van der Waals surface area contributed by atoms with E-state index in [1.807, 2.05) is 19.1 Å². The van der Waals surface area contributed by atoms with Gasteiger partial charge < -0.3 is 5.11 Å². The molecule has 1 heterocycles. The third kappa shape index (κ3) is 3.70. The van der Waals surface area contributed by atoms with Crippen molar-refractivity contribution in [2.24, 2.45) is 5.92 Å². The van der Waals surface area contributed by atoms with E-state index in [9.17, 15) is 9.90 Å². The van der Waals surface area contributed by atoms with E-state index in [0.29, 0.717) is 18.7 Å². The zero-order valence-corrected chi connectivity index (χ0v) is 14.0. The third-order valence-corrected chi connectivity index (χ3v) is 4.08. The zero-order chi connectivity index (χ0) is 16.6. The fourth-order valence-corrected chi connectivity index (χ4v) is 2.69. The van der Waals surface area contributed by atoms with Gasteiger partial charge in [-0.05, 0) is 50.3 Å². The molecule has 0 radical (unpaired) electrons. The Bertz CT molecular complexity index is 762. The van der Waals surface area contributed by atoms with Gasteiger partial charge in [0.1, 0.15) is 5.69 Å². The number of carbonyl (C=O) groups excluding carboxylic acids is 1. The number of aromatic nitrogens is 2. The van der Waals surface area contributed by atoms with Gasteiger partial charge in [-0.2, -0.15) is 5.10 Å². The molecule has 1 N–H and O–H groups in total. The number of nitrogens with zero attached hydrogens (tertiary/aromatic N) is 2. The quantitative estimate of drug-likeness (QED) is 0.825. The number of hydrogen-bond donors (Lipinski definition) is 1. The minimum atomic E-state index is -0.884. The minimum Gasteiger partial charge on any atom is -0.389 e. The van der Waals surface area contributed by atoms with Crippen molar-refractivity contribution in [3.63, 3.8) is 0 Å². The van der Waals surface area contributed by atoms with E-state index in [1.165, 1.54) is 12.8 Å². The highest BCUT2D eigenvalue weighted by atomic mass is 16.3. The van der Waals surface area contributed by atoms with Crippen molar-refractivity contribution in [1.82, 2.24) is 9.78 Å². The van der Waals surface area contributed by atoms with E-state index in [2.05, 4.69) is 23.3 Å². The van der Waals surface area contributed by atoms with Crippen LogP contribution in [0.5, 0.6) is 0 Å². The summed E-state index contributed by atoms with van der Waals surface area (Å²) in [5.74, 6) is 0.759. The van der Waals surface area contributed by atoms with E-state index < -0.39 is 5.60 Å². The number of rotatable bonds is 6. The average molecular weight is 312 g/mol. The largest absolute Gasteiger partial charge is 0.389 e. The molecule has 122 valence electrons. The summed E-state index contributed by atoms with van der Waals surface area (Å²) in [5, 5.41) is 15.5. The number of ketones is 1. The molecule has 0 spiro atoms. The number of Topliss-reactive ketones (excluding diaryl/α,β-unsaturated/α-hetero) is 1. The molecular weight excluding hydrogens is 288 g/mol. The highest BCUT2D eigenvalue weighted by Gasteiger charge is 2.21. The van der Waals surface area contributed by atoms with Crippen LogP contribution in [-0.4, -0.2) is 26.3 Å². The maximum atomic E-state index is 12.2. The molecule has 1 aliphatic carbocycles. The van der Waals surface area contributed by atoms with Crippen molar-refractivity contribution < 1.29 is 9.90 Å². The number of fused-ring (bicyclic) bond motifs is 1. The Kier molecular flexibility index (Phi) is 4.11. The second-order valence-corrected chi connectivity index (χ2v) is 7.07. The second kappa shape index (κ2) is 5.93. The highest BCUT2D eigenvalue weighted by Crippen LogP contribution is 2.31. The fourth-order valence-electron chi connectivity index (χ4n) is 2.69. The van der Waals surface area contributed by atoms with Gasteiger partial charge >= 0.3 is 0 Å². The second-order valence-electron chi connectivity index (χ2n) is 7.07. The lowest BCUT2D eigenvalue weighted by molar-refractivity contribution is 0.0588. The number of allylic oxidation sites excluding steroid dienone is 1. The molecule has 1 aliphatic rings. The lowest BCUT2D eigenvalue weighted by Crippen LogP contribution is -2.26. The van der Waals surface area contributed by atoms with Crippen LogP contribution in [0, 0.1) is 5.92 Å². The van der Waals surface area contributed by atoms with Crippen LogP contribution in [0.4, 0.5) is 0 Å². The Morgan fingerprint density at radius 2 is 2.17 bits per heavy atom. The Balaban J connectivity index is 2.06. The SMILES string of the molecule is CCC(=O)c1nn(CC(C)(C)O)c2cc(/C=C\C3CC3)ccc12. The summed E-state index contributed by atoms with van der Waals surface area (Å²) in [6.45, 7) is 5.70. The normalized spacial score (nSPS) is 15.7. The van der Waals surface area contributed by atoms with Crippen LogP contribution in [0.25, 0.3) is 17.0 Å². The van der Waals surface area contributed by atoms with E-state index in [-0.39, 0.29) is 5.78 Å². The summed E-state index contributed by atoms with van der Waals surface area (Å²) in [7, 11) is 0. The zero-order valence-electron chi connectivity index (χ0n) is 14.0. The maximum absolute atomic E-state index is 12.2. The number of benzene rings is 1. The van der Waals surface area contributed by atoms with Crippen LogP contribution in [0.3, 0.4) is 0 Å². The summed E-state index contributed by atoms with van der Waals surface area (Å²) < 4.78 is 1.76. The molecule has 1 saturated carbocycles. The molecule has 1 aromatic heterocycles. The van der Waals surface area contributed by atoms with Gasteiger partial charge in [0.15, 0.2) is 5.78 Å². The van der Waals surface area contributed by atoms with Gasteiger partial charge in [0.25, 0.3) is 0 Å². The lowest BCUT2D eigenvalue weighted by Gasteiger charge is -2.17. The molecule has 0 saturated heterocycles. The maximum Gasteiger partial charge on any atom is 0.183 e. The Hall–Kier alpha value is -1.94. The van der Waals surface area contributed by atoms with Crippen molar-refractivity contribution >= 4 is 22.8 Å². The number of hydrogen-bond acceptors (Lipinski definition) is 3. The van der Waals surface area contributed by atoms with Gasteiger partial charge in [-0.3, -0.25) is 9.48 Å². The van der Waals surface area contributed by atoms with Crippen molar-refractivity contribution in [1.29, 1.82) is 0 Å². The summed E-state index contributed by atoms with van der Waals surface area (Å²) in [4.78, 5) is 12.2. The number of aliphatic hydroxyl groups is 1. The monoisotopic (exact) mass is 312 g/mol. The van der Waals surface area contributed by atoms with Crippen LogP contribution in [-0.2, 0) is 6.54 Å². The first-order chi connectivity index (χ1) is 10.9. The standard InChI is InChI=1S/C19H24N2O2/c1-4-17(22)18-15-10-9-14(8-7-13-5-6-13)11-16(15)21(20-18)12-19(2,3)23/h7-11,13,23H,4-6,12H2,1-3H3/b8-7-. The highest BCUT2D eigenvalue weighted by molar-refractivity contribution is 6.06. The molecule has 2 aromatic rings. The lowest BCUT2D eigenvalue weighted by atomic mass is 10.1. The first-order valence-corrected chi connectivity index (χ1v) is 8.32. The van der Waals surface area contributed by atoms with Crippen LogP contribution >= 0.6 is 0 Å². The van der Waals surface area contributed by atoms with Crippen LogP contribution in [0.1, 0.15) is 56.1 Å². The van der Waals surface area contributed by atoms with Gasteiger partial charge in [0.2, 0.25) is 0 Å². The number of carbonyl (C=O) groups is 1. The molecule has 0 bridgehead atoms. The van der Waals surface area contributed by atoms with E-state index in [4.69, 9.17) is 0 Å². The molecule has 0 amide bonds. The molecule has 3 rings (SSSR count). The van der Waals surface area contributed by atoms with E-state index in [0.717, 1.165) is 22.4 Å². The molecule has 0 aliphatic heterocycles. The molecule has 4 heteroatoms. The molecule has 0 atom stereocenters. The van der Waals surface area contributed by atoms with E-state index >= 15 is 0 Å². The molecular formula is C19H24N2O2. The van der Waals surface area contributed by atoms with Crippen LogP contribution in [0.2, 0.25) is 0 Å². The van der Waals surface area contributed by atoms with Crippen molar-refractivity contribution in [3.8, 4) is 0 Å². The predicted octanol–water partition coefficient (Wildman–Crippen LogP) is 3.82. The topological polar surface area (TPSA) is 55.1 Å². The average Bonchev–Trinajstić information content (AvgIpc) is 3.26. The van der Waals surface area contributed by atoms with Gasteiger partial charge in [-0.1, -0.05) is 25.1 Å². The van der Waals surface area contributed by atoms with Crippen molar-refractivity contribution in [3.05, 3.63) is 35.5 Å². The fraction of sp³-hybridized carbons (Fsp3) is 0.474. The molecule has 4 nitrogen and oxygen atoms in total. The van der Waals surface area contributed by atoms with Gasteiger partial charge in [-0.25, -0.2) is 0 Å². The first kappa shape index (κ1) is 15.9. The van der Waals surface area contributed by atoms with Crippen molar-refractivity contribution in [2.75, 3.05) is 0 Å². The van der Waals surface area contributed by atoms with Crippen molar-refractivity contribution in [2.45, 2.75) is 52.2 Å². The van der Waals surface area contributed by atoms with Gasteiger partial charge in [0.05, 0.1) is 17.7 Å². The molecule has 1 fully saturated rings. The first-order valence-electron chi connectivity index (χ1n) is 8.32. The third-order valence-electron chi connectivity index (χ3n) is 4.08. The Morgan fingerprint density at radius 1 is 1.43 bits per heavy atom. The van der Waals surface area contributed by atoms with Gasteiger partial charge in [0, 0.05) is 11.8 Å². The Labute approximate surface area is 136 Å². The minimum absolute atomic E-state index is 0.0331. The molecule has 1 aromatic carbocycles.